The first-order valence-corrected chi connectivity index (χ1v) is 9.16. The molecule has 2 saturated heterocycles. The number of aromatic nitrogens is 2. The van der Waals surface area contributed by atoms with Crippen LogP contribution in [0.5, 0.6) is 0 Å². The summed E-state index contributed by atoms with van der Waals surface area (Å²) in [6.07, 6.45) is 2.77. The minimum atomic E-state index is 0.749. The summed E-state index contributed by atoms with van der Waals surface area (Å²) in [6, 6.07) is 12.5. The molecule has 26 heavy (non-hydrogen) atoms. The van der Waals surface area contributed by atoms with Crippen LogP contribution in [0, 0.1) is 0 Å². The molecule has 4 rings (SSSR count). The molecule has 2 aliphatic rings. The first kappa shape index (κ1) is 16.6. The second-order valence-electron chi connectivity index (χ2n) is 6.65. The van der Waals surface area contributed by atoms with Crippen LogP contribution in [-0.2, 0) is 4.79 Å². The average Bonchev–Trinajstić information content (AvgIpc) is 2.75. The minimum absolute atomic E-state index is 0.749. The number of anilines is 3. The first-order chi connectivity index (χ1) is 12.8. The van der Waals surface area contributed by atoms with Gasteiger partial charge in [0.05, 0.1) is 0 Å². The molecule has 136 valence electrons. The van der Waals surface area contributed by atoms with Gasteiger partial charge in [-0.25, -0.2) is 4.98 Å². The fraction of sp³-hybridized carbons (Fsp3) is 0.421. The SMILES string of the molecule is O=CN1CCN(c2ccnc(N3CCN(c4ccccc4)CC3)n2)CC1. The molecule has 2 aromatic rings. The predicted octanol–water partition coefficient (Wildman–Crippen LogP) is 1.08. The molecule has 1 aromatic carbocycles. The Kier molecular flexibility index (Phi) is 4.86. The first-order valence-electron chi connectivity index (χ1n) is 9.16. The van der Waals surface area contributed by atoms with Gasteiger partial charge in [-0.1, -0.05) is 18.2 Å². The summed E-state index contributed by atoms with van der Waals surface area (Å²) in [5, 5.41) is 0. The number of rotatable bonds is 4. The van der Waals surface area contributed by atoms with Crippen molar-refractivity contribution in [3.8, 4) is 0 Å². The molecule has 0 radical (unpaired) electrons. The Hall–Kier alpha value is -2.83. The fourth-order valence-electron chi connectivity index (χ4n) is 3.53. The summed E-state index contributed by atoms with van der Waals surface area (Å²) in [6.45, 7) is 6.89. The summed E-state index contributed by atoms with van der Waals surface area (Å²) in [7, 11) is 0. The molecule has 7 nitrogen and oxygen atoms in total. The minimum Gasteiger partial charge on any atom is -0.368 e. The lowest BCUT2D eigenvalue weighted by Gasteiger charge is -2.37. The Morgan fingerprint density at radius 1 is 0.769 bits per heavy atom. The number of piperazine rings is 2. The molecule has 0 unspecified atom stereocenters. The van der Waals surface area contributed by atoms with Crippen LogP contribution in [0.4, 0.5) is 17.5 Å². The van der Waals surface area contributed by atoms with Crippen LogP contribution >= 0.6 is 0 Å². The number of amides is 1. The Morgan fingerprint density at radius 3 is 2.12 bits per heavy atom. The smallest absolute Gasteiger partial charge is 0.227 e. The van der Waals surface area contributed by atoms with Gasteiger partial charge >= 0.3 is 0 Å². The second-order valence-corrected chi connectivity index (χ2v) is 6.65. The lowest BCUT2D eigenvalue weighted by molar-refractivity contribution is -0.118. The van der Waals surface area contributed by atoms with Crippen molar-refractivity contribution in [2.45, 2.75) is 0 Å². The topological polar surface area (TPSA) is 55.8 Å². The number of carbonyl (C=O) groups excluding carboxylic acids is 1. The molecule has 1 amide bonds. The van der Waals surface area contributed by atoms with Crippen LogP contribution in [0.25, 0.3) is 0 Å². The van der Waals surface area contributed by atoms with E-state index in [0.717, 1.165) is 70.5 Å². The average molecular weight is 352 g/mol. The van der Waals surface area contributed by atoms with E-state index in [9.17, 15) is 4.79 Å². The Bertz CT molecular complexity index is 724. The number of para-hydroxylation sites is 1. The van der Waals surface area contributed by atoms with E-state index < -0.39 is 0 Å². The third kappa shape index (κ3) is 3.56. The van der Waals surface area contributed by atoms with Gasteiger partial charge in [-0.3, -0.25) is 4.79 Å². The number of hydrogen-bond acceptors (Lipinski definition) is 6. The Morgan fingerprint density at radius 2 is 1.42 bits per heavy atom. The third-order valence-corrected chi connectivity index (χ3v) is 5.10. The van der Waals surface area contributed by atoms with Crippen molar-refractivity contribution in [1.29, 1.82) is 0 Å². The number of carbonyl (C=O) groups is 1. The molecule has 0 saturated carbocycles. The van der Waals surface area contributed by atoms with Crippen LogP contribution in [0.2, 0.25) is 0 Å². The van der Waals surface area contributed by atoms with E-state index in [0.29, 0.717) is 0 Å². The molecule has 0 spiro atoms. The van der Waals surface area contributed by atoms with Gasteiger partial charge in [-0.05, 0) is 18.2 Å². The zero-order chi connectivity index (χ0) is 17.8. The van der Waals surface area contributed by atoms with Crippen LogP contribution < -0.4 is 14.7 Å². The number of benzene rings is 1. The van der Waals surface area contributed by atoms with Gasteiger partial charge in [-0.15, -0.1) is 0 Å². The molecule has 3 heterocycles. The van der Waals surface area contributed by atoms with Crippen molar-refractivity contribution in [2.24, 2.45) is 0 Å². The normalized spacial score (nSPS) is 18.2. The maximum absolute atomic E-state index is 10.9. The lowest BCUT2D eigenvalue weighted by Crippen LogP contribution is -2.48. The molecular formula is C19H24N6O. The highest BCUT2D eigenvalue weighted by atomic mass is 16.1. The van der Waals surface area contributed by atoms with E-state index in [-0.39, 0.29) is 0 Å². The van der Waals surface area contributed by atoms with E-state index in [1.165, 1.54) is 5.69 Å². The molecule has 0 bridgehead atoms. The number of nitrogens with zero attached hydrogens (tertiary/aromatic N) is 6. The zero-order valence-corrected chi connectivity index (χ0v) is 14.9. The van der Waals surface area contributed by atoms with Crippen molar-refractivity contribution in [1.82, 2.24) is 14.9 Å². The molecule has 2 aliphatic heterocycles. The quantitative estimate of drug-likeness (QED) is 0.768. The highest BCUT2D eigenvalue weighted by Crippen LogP contribution is 2.20. The monoisotopic (exact) mass is 352 g/mol. The number of hydrogen-bond donors (Lipinski definition) is 0. The molecular weight excluding hydrogens is 328 g/mol. The molecule has 0 N–H and O–H groups in total. The molecule has 0 atom stereocenters. The summed E-state index contributed by atoms with van der Waals surface area (Å²) < 4.78 is 0. The maximum Gasteiger partial charge on any atom is 0.227 e. The predicted molar refractivity (Wildman–Crippen MR) is 103 cm³/mol. The molecule has 2 fully saturated rings. The summed E-state index contributed by atoms with van der Waals surface area (Å²) >= 11 is 0. The van der Waals surface area contributed by atoms with Crippen molar-refractivity contribution < 1.29 is 4.79 Å². The van der Waals surface area contributed by atoms with E-state index in [1.807, 2.05) is 18.3 Å². The summed E-state index contributed by atoms with van der Waals surface area (Å²) in [5.74, 6) is 1.75. The highest BCUT2D eigenvalue weighted by Gasteiger charge is 2.21. The van der Waals surface area contributed by atoms with Crippen LogP contribution in [0.15, 0.2) is 42.6 Å². The highest BCUT2D eigenvalue weighted by molar-refractivity contribution is 5.51. The van der Waals surface area contributed by atoms with Crippen LogP contribution in [-0.4, -0.2) is 73.6 Å². The fourth-order valence-corrected chi connectivity index (χ4v) is 3.53. The van der Waals surface area contributed by atoms with E-state index in [1.54, 1.807) is 4.90 Å². The van der Waals surface area contributed by atoms with Crippen molar-refractivity contribution >= 4 is 23.9 Å². The van der Waals surface area contributed by atoms with Gasteiger partial charge < -0.3 is 19.6 Å². The molecule has 7 heteroatoms. The molecule has 0 aliphatic carbocycles. The van der Waals surface area contributed by atoms with Crippen molar-refractivity contribution in [3.05, 3.63) is 42.6 Å². The van der Waals surface area contributed by atoms with Gasteiger partial charge in [0.25, 0.3) is 0 Å². The third-order valence-electron chi connectivity index (χ3n) is 5.10. The zero-order valence-electron chi connectivity index (χ0n) is 14.9. The lowest BCUT2D eigenvalue weighted by atomic mass is 10.2. The van der Waals surface area contributed by atoms with Gasteiger partial charge in [0, 0.05) is 64.2 Å². The molecule has 1 aromatic heterocycles. The summed E-state index contributed by atoms with van der Waals surface area (Å²) in [4.78, 5) is 28.8. The van der Waals surface area contributed by atoms with Crippen molar-refractivity contribution in [3.63, 3.8) is 0 Å². The van der Waals surface area contributed by atoms with E-state index in [2.05, 4.69) is 43.9 Å². The van der Waals surface area contributed by atoms with E-state index >= 15 is 0 Å². The standard InChI is InChI=1S/C19H24N6O/c26-16-22-8-10-24(11-9-22)18-6-7-20-19(21-18)25-14-12-23(13-15-25)17-4-2-1-3-5-17/h1-7,16H,8-15H2. The van der Waals surface area contributed by atoms with Gasteiger partial charge in [0.2, 0.25) is 12.4 Å². The second kappa shape index (κ2) is 7.59. The van der Waals surface area contributed by atoms with Crippen molar-refractivity contribution in [2.75, 3.05) is 67.1 Å². The van der Waals surface area contributed by atoms with Gasteiger partial charge in [0.15, 0.2) is 0 Å². The van der Waals surface area contributed by atoms with E-state index in [4.69, 9.17) is 4.98 Å². The summed E-state index contributed by atoms with van der Waals surface area (Å²) in [5.41, 5.74) is 1.27. The van der Waals surface area contributed by atoms with Crippen LogP contribution in [0.1, 0.15) is 0 Å². The van der Waals surface area contributed by atoms with Crippen LogP contribution in [0.3, 0.4) is 0 Å². The largest absolute Gasteiger partial charge is 0.368 e. The Balaban J connectivity index is 1.39. The Labute approximate surface area is 153 Å². The van der Waals surface area contributed by atoms with Gasteiger partial charge in [0.1, 0.15) is 5.82 Å². The van der Waals surface area contributed by atoms with Gasteiger partial charge in [-0.2, -0.15) is 4.98 Å². The maximum atomic E-state index is 10.9.